The summed E-state index contributed by atoms with van der Waals surface area (Å²) in [6.07, 6.45) is 8.49. The molecule has 0 unspecified atom stereocenters. The molecule has 2 saturated heterocycles. The summed E-state index contributed by atoms with van der Waals surface area (Å²) in [5, 5.41) is 10.4. The van der Waals surface area contributed by atoms with E-state index in [2.05, 4.69) is 32.3 Å². The van der Waals surface area contributed by atoms with Crippen LogP contribution in [0.2, 0.25) is 0 Å². The van der Waals surface area contributed by atoms with Crippen molar-refractivity contribution in [2.45, 2.75) is 44.2 Å². The molecule has 2 amide bonds. The molecule has 2 aliphatic heterocycles. The van der Waals surface area contributed by atoms with E-state index in [0.29, 0.717) is 28.4 Å². The highest BCUT2D eigenvalue weighted by molar-refractivity contribution is 6.04. The number of hydrogen-bond donors (Lipinski definition) is 2. The van der Waals surface area contributed by atoms with Gasteiger partial charge in [0, 0.05) is 35.8 Å². The first-order valence-electron chi connectivity index (χ1n) is 12.1. The van der Waals surface area contributed by atoms with Crippen LogP contribution in [0.15, 0.2) is 55.0 Å². The number of nitrogens with two attached hydrogens (primary N) is 1. The number of rotatable bonds is 4. The molecule has 0 radical (unpaired) electrons. The number of nitrogens with zero attached hydrogens (tertiary/aromatic N) is 6. The zero-order valence-corrected chi connectivity index (χ0v) is 20.2. The third kappa shape index (κ3) is 3.59. The van der Waals surface area contributed by atoms with Gasteiger partial charge < -0.3 is 16.0 Å². The second-order valence-corrected chi connectivity index (χ2v) is 9.27. The highest BCUT2D eigenvalue weighted by Gasteiger charge is 2.57. The third-order valence-electron chi connectivity index (χ3n) is 7.29. The predicted molar refractivity (Wildman–Crippen MR) is 137 cm³/mol. The van der Waals surface area contributed by atoms with Gasteiger partial charge in [-0.25, -0.2) is 9.97 Å². The number of benzene rings is 1. The quantitative estimate of drug-likeness (QED) is 0.419. The molecule has 10 heteroatoms. The van der Waals surface area contributed by atoms with Crippen molar-refractivity contribution in [2.24, 2.45) is 0 Å². The second kappa shape index (κ2) is 8.71. The summed E-state index contributed by atoms with van der Waals surface area (Å²) in [6, 6.07) is 10.7. The van der Waals surface area contributed by atoms with Gasteiger partial charge >= 0.3 is 0 Å². The maximum Gasteiger partial charge on any atom is 0.299 e. The molecule has 5 heterocycles. The molecule has 3 aromatic heterocycles. The lowest BCUT2D eigenvalue weighted by Crippen LogP contribution is -2.43. The van der Waals surface area contributed by atoms with Crippen LogP contribution in [-0.4, -0.2) is 47.3 Å². The summed E-state index contributed by atoms with van der Waals surface area (Å²) < 4.78 is 1.96. The number of fused-ring (bicyclic) bond motifs is 3. The Balaban J connectivity index is 1.41. The number of carbonyl (C=O) groups is 2. The zero-order chi connectivity index (χ0) is 25.6. The lowest BCUT2D eigenvalue weighted by atomic mass is 9.87. The summed E-state index contributed by atoms with van der Waals surface area (Å²) in [5.74, 6) is 6.50. The van der Waals surface area contributed by atoms with Gasteiger partial charge in [-0.3, -0.25) is 14.0 Å². The Morgan fingerprint density at radius 3 is 2.62 bits per heavy atom. The van der Waals surface area contributed by atoms with Gasteiger partial charge in [-0.2, -0.15) is 5.10 Å². The molecule has 4 aromatic rings. The van der Waals surface area contributed by atoms with Crippen LogP contribution >= 0.6 is 0 Å². The largest absolute Gasteiger partial charge is 0.382 e. The zero-order valence-electron chi connectivity index (χ0n) is 20.2. The molecule has 0 saturated carbocycles. The van der Waals surface area contributed by atoms with Crippen LogP contribution in [-0.2, 0) is 10.3 Å². The molecule has 6 rings (SSSR count). The minimum absolute atomic E-state index is 0.162. The van der Waals surface area contributed by atoms with Gasteiger partial charge in [-0.1, -0.05) is 18.1 Å². The normalized spacial score (nSPS) is 20.0. The molecule has 37 heavy (non-hydrogen) atoms. The van der Waals surface area contributed by atoms with Gasteiger partial charge in [0.2, 0.25) is 0 Å². The molecule has 2 bridgehead atoms. The number of nitrogens with one attached hydrogen (secondary N) is 1. The van der Waals surface area contributed by atoms with Crippen LogP contribution in [0.5, 0.6) is 0 Å². The van der Waals surface area contributed by atoms with Crippen molar-refractivity contribution >= 4 is 29.0 Å². The number of aromatic nitrogens is 5. The van der Waals surface area contributed by atoms with E-state index in [0.717, 1.165) is 37.1 Å². The summed E-state index contributed by atoms with van der Waals surface area (Å²) in [5.41, 5.74) is 8.39. The Morgan fingerprint density at radius 1 is 1.14 bits per heavy atom. The van der Waals surface area contributed by atoms with Crippen molar-refractivity contribution in [2.75, 3.05) is 11.1 Å². The number of carbonyl (C=O) groups excluding carboxylic acids is 2. The van der Waals surface area contributed by atoms with E-state index in [1.807, 2.05) is 27.6 Å². The monoisotopic (exact) mass is 492 g/mol. The van der Waals surface area contributed by atoms with E-state index in [1.165, 1.54) is 6.20 Å². The standard InChI is InChI=1S/C27H24N8O2/c1-2-4-21(36)35-19-10-12-27(35,13-11-19)26-32-22(23-24(28)29-15-16-34(23)26)17-6-8-18(9-7-17)25(37)31-20-5-3-14-30-33-20/h3,5-9,14-16,19H,10-13H2,1H3,(H2,28,29)(H,31,33,37). The molecule has 2 fully saturated rings. The van der Waals surface area contributed by atoms with E-state index in [4.69, 9.17) is 10.7 Å². The van der Waals surface area contributed by atoms with Gasteiger partial charge in [-0.15, -0.1) is 5.10 Å². The molecular formula is C27H24N8O2. The fourth-order valence-corrected chi connectivity index (χ4v) is 5.72. The Hall–Kier alpha value is -4.78. The molecule has 2 aliphatic rings. The van der Waals surface area contributed by atoms with Crippen LogP contribution < -0.4 is 11.1 Å². The highest BCUT2D eigenvalue weighted by atomic mass is 16.2. The molecule has 3 N–H and O–H groups in total. The van der Waals surface area contributed by atoms with Gasteiger partial charge in [0.25, 0.3) is 11.8 Å². The lowest BCUT2D eigenvalue weighted by molar-refractivity contribution is -0.129. The molecule has 10 nitrogen and oxygen atoms in total. The molecule has 0 atom stereocenters. The average Bonchev–Trinajstić information content (AvgIpc) is 3.60. The first-order chi connectivity index (χ1) is 18.0. The van der Waals surface area contributed by atoms with E-state index in [9.17, 15) is 9.59 Å². The maximum atomic E-state index is 13.0. The van der Waals surface area contributed by atoms with Gasteiger partial charge in [-0.05, 0) is 62.8 Å². The number of amides is 2. The summed E-state index contributed by atoms with van der Waals surface area (Å²) in [6.45, 7) is 1.68. The Kier molecular flexibility index (Phi) is 5.34. The van der Waals surface area contributed by atoms with Crippen LogP contribution in [0.4, 0.5) is 11.6 Å². The van der Waals surface area contributed by atoms with Gasteiger partial charge in [0.15, 0.2) is 5.82 Å². The summed E-state index contributed by atoms with van der Waals surface area (Å²) in [7, 11) is 0. The minimum Gasteiger partial charge on any atom is -0.382 e. The van der Waals surface area contributed by atoms with E-state index in [1.54, 1.807) is 37.4 Å². The van der Waals surface area contributed by atoms with Crippen molar-refractivity contribution in [3.05, 3.63) is 66.4 Å². The Bertz CT molecular complexity index is 1580. The molecular weight excluding hydrogens is 468 g/mol. The van der Waals surface area contributed by atoms with Gasteiger partial charge in [0.1, 0.15) is 28.4 Å². The fourth-order valence-electron chi connectivity index (χ4n) is 5.72. The SMILES string of the molecule is CC#CC(=O)N1C2CCC1(c1nc(-c3ccc(C(=O)Nc4cccnn4)cc3)c3c(N)nccn13)CC2. The van der Waals surface area contributed by atoms with E-state index < -0.39 is 5.54 Å². The van der Waals surface area contributed by atoms with Crippen LogP contribution in [0.25, 0.3) is 16.8 Å². The topological polar surface area (TPSA) is 131 Å². The van der Waals surface area contributed by atoms with Crippen LogP contribution in [0.1, 0.15) is 48.8 Å². The van der Waals surface area contributed by atoms with E-state index in [-0.39, 0.29) is 17.9 Å². The lowest BCUT2D eigenvalue weighted by Gasteiger charge is -2.32. The van der Waals surface area contributed by atoms with Crippen LogP contribution in [0.3, 0.4) is 0 Å². The van der Waals surface area contributed by atoms with Crippen molar-refractivity contribution < 1.29 is 9.59 Å². The first kappa shape index (κ1) is 22.7. The van der Waals surface area contributed by atoms with Crippen molar-refractivity contribution in [3.63, 3.8) is 0 Å². The first-order valence-corrected chi connectivity index (χ1v) is 12.1. The molecule has 0 spiro atoms. The average molecular weight is 493 g/mol. The van der Waals surface area contributed by atoms with Gasteiger partial charge in [0.05, 0.1) is 0 Å². The van der Waals surface area contributed by atoms with Crippen LogP contribution in [0, 0.1) is 11.8 Å². The maximum absolute atomic E-state index is 13.0. The smallest absolute Gasteiger partial charge is 0.299 e. The number of nitrogen functional groups attached to an aromatic ring is 1. The Morgan fingerprint density at radius 2 is 1.92 bits per heavy atom. The number of imidazole rings is 1. The molecule has 184 valence electrons. The summed E-state index contributed by atoms with van der Waals surface area (Å²) in [4.78, 5) is 37.0. The van der Waals surface area contributed by atoms with Crippen molar-refractivity contribution in [1.29, 1.82) is 0 Å². The summed E-state index contributed by atoms with van der Waals surface area (Å²) >= 11 is 0. The third-order valence-corrected chi connectivity index (χ3v) is 7.29. The predicted octanol–water partition coefficient (Wildman–Crippen LogP) is 3.02. The Labute approximate surface area is 212 Å². The number of anilines is 2. The fraction of sp³-hybridized carbons (Fsp3) is 0.259. The highest BCUT2D eigenvalue weighted by Crippen LogP contribution is 2.53. The minimum atomic E-state index is -0.545. The molecule has 1 aromatic carbocycles. The van der Waals surface area contributed by atoms with Crippen molar-refractivity contribution in [1.82, 2.24) is 29.5 Å². The van der Waals surface area contributed by atoms with E-state index >= 15 is 0 Å². The number of hydrogen-bond acceptors (Lipinski definition) is 7. The second-order valence-electron chi connectivity index (χ2n) is 9.27. The molecule has 0 aliphatic carbocycles. The van der Waals surface area contributed by atoms with Crippen molar-refractivity contribution in [3.8, 4) is 23.1 Å².